The summed E-state index contributed by atoms with van der Waals surface area (Å²) >= 11 is 0. The molecule has 1 fully saturated rings. The predicted octanol–water partition coefficient (Wildman–Crippen LogP) is 0.930. The minimum absolute atomic E-state index is 0.550. The fraction of sp³-hybridized carbons (Fsp3) is 0.818. The molecule has 1 saturated heterocycles. The van der Waals surface area contributed by atoms with Gasteiger partial charge in [-0.3, -0.25) is 0 Å². The summed E-state index contributed by atoms with van der Waals surface area (Å²) in [5.74, 6) is 2.06. The molecule has 2 N–H and O–H groups in total. The molecule has 0 amide bonds. The van der Waals surface area contributed by atoms with E-state index in [1.807, 2.05) is 0 Å². The van der Waals surface area contributed by atoms with E-state index in [-0.39, 0.29) is 0 Å². The summed E-state index contributed by atoms with van der Waals surface area (Å²) in [7, 11) is 0. The summed E-state index contributed by atoms with van der Waals surface area (Å²) in [4.78, 5) is 4.35. The van der Waals surface area contributed by atoms with Crippen LogP contribution in [0.2, 0.25) is 0 Å². The third-order valence-corrected chi connectivity index (χ3v) is 2.83. The Balaban J connectivity index is 1.81. The molecule has 16 heavy (non-hydrogen) atoms. The van der Waals surface area contributed by atoms with E-state index in [1.54, 1.807) is 0 Å². The Labute approximate surface area is 95.3 Å². The molecule has 1 unspecified atom stereocenters. The van der Waals surface area contributed by atoms with Gasteiger partial charge in [0.15, 0.2) is 5.82 Å². The predicted molar refractivity (Wildman–Crippen MR) is 58.9 cm³/mol. The second-order valence-corrected chi connectivity index (χ2v) is 4.28. The van der Waals surface area contributed by atoms with E-state index >= 15 is 0 Å². The minimum Gasteiger partial charge on any atom is -0.381 e. The van der Waals surface area contributed by atoms with Gasteiger partial charge in [-0.25, -0.2) is 0 Å². The molecule has 0 bridgehead atoms. The zero-order valence-corrected chi connectivity index (χ0v) is 9.52. The van der Waals surface area contributed by atoms with Crippen LogP contribution in [0.3, 0.4) is 0 Å². The van der Waals surface area contributed by atoms with E-state index < -0.39 is 0 Å². The lowest BCUT2D eigenvalue weighted by Crippen LogP contribution is -2.19. The summed E-state index contributed by atoms with van der Waals surface area (Å²) in [5.41, 5.74) is 5.43. The van der Waals surface area contributed by atoms with E-state index in [0.29, 0.717) is 18.4 Å². The highest BCUT2D eigenvalue weighted by molar-refractivity contribution is 4.89. The van der Waals surface area contributed by atoms with Crippen molar-refractivity contribution in [2.75, 3.05) is 19.8 Å². The number of rotatable bonds is 5. The zero-order chi connectivity index (χ0) is 11.2. The Bertz CT molecular complexity index is 308. The monoisotopic (exact) mass is 225 g/mol. The maximum absolute atomic E-state index is 5.43. The molecule has 0 aromatic carbocycles. The molecule has 5 heteroatoms. The van der Waals surface area contributed by atoms with E-state index in [2.05, 4.69) is 10.1 Å². The largest absolute Gasteiger partial charge is 0.381 e. The number of ether oxygens (including phenoxy) is 1. The van der Waals surface area contributed by atoms with E-state index in [9.17, 15) is 0 Å². The molecule has 0 radical (unpaired) electrons. The third-order valence-electron chi connectivity index (χ3n) is 2.83. The molecular weight excluding hydrogens is 206 g/mol. The molecule has 5 nitrogen and oxygen atoms in total. The highest BCUT2D eigenvalue weighted by Crippen LogP contribution is 2.17. The standard InChI is InChI=1S/C11H19N3O2/c12-5-1-4-11-13-10(14-16-11)7-9-3-2-6-15-8-9/h9H,1-8,12H2. The SMILES string of the molecule is NCCCc1nc(CC2CCCOC2)no1. The van der Waals surface area contributed by atoms with Crippen molar-refractivity contribution < 1.29 is 9.26 Å². The van der Waals surface area contributed by atoms with Gasteiger partial charge in [-0.1, -0.05) is 5.16 Å². The van der Waals surface area contributed by atoms with Gasteiger partial charge < -0.3 is 15.0 Å². The number of nitrogens with two attached hydrogens (primary N) is 1. The van der Waals surface area contributed by atoms with Crippen molar-refractivity contribution in [2.24, 2.45) is 11.7 Å². The van der Waals surface area contributed by atoms with Crippen molar-refractivity contribution in [1.82, 2.24) is 10.1 Å². The van der Waals surface area contributed by atoms with E-state index in [1.165, 1.54) is 6.42 Å². The summed E-state index contributed by atoms with van der Waals surface area (Å²) in [5, 5.41) is 3.98. The fourth-order valence-corrected chi connectivity index (χ4v) is 1.95. The first-order valence-electron chi connectivity index (χ1n) is 5.97. The molecular formula is C11H19N3O2. The third kappa shape index (κ3) is 3.28. The molecule has 1 aliphatic heterocycles. The highest BCUT2D eigenvalue weighted by atomic mass is 16.5. The number of aryl methyl sites for hydroxylation is 1. The molecule has 90 valence electrons. The van der Waals surface area contributed by atoms with Crippen LogP contribution in [0.5, 0.6) is 0 Å². The Kier molecular flexibility index (Phi) is 4.30. The van der Waals surface area contributed by atoms with Crippen molar-refractivity contribution in [3.8, 4) is 0 Å². The number of hydrogen-bond acceptors (Lipinski definition) is 5. The van der Waals surface area contributed by atoms with Crippen molar-refractivity contribution in [1.29, 1.82) is 0 Å². The van der Waals surface area contributed by atoms with Gasteiger partial charge in [-0.05, 0) is 31.7 Å². The first-order valence-corrected chi connectivity index (χ1v) is 5.97. The Hall–Kier alpha value is -0.940. The van der Waals surface area contributed by atoms with Crippen LogP contribution < -0.4 is 5.73 Å². The molecule has 0 saturated carbocycles. The average molecular weight is 225 g/mol. The maximum Gasteiger partial charge on any atom is 0.226 e. The fourth-order valence-electron chi connectivity index (χ4n) is 1.95. The Morgan fingerprint density at radius 2 is 2.38 bits per heavy atom. The zero-order valence-electron chi connectivity index (χ0n) is 9.52. The number of aromatic nitrogens is 2. The lowest BCUT2D eigenvalue weighted by atomic mass is 9.98. The van der Waals surface area contributed by atoms with Crippen LogP contribution in [0, 0.1) is 5.92 Å². The minimum atomic E-state index is 0.550. The van der Waals surface area contributed by atoms with Crippen LogP contribution >= 0.6 is 0 Å². The molecule has 0 aliphatic carbocycles. The Morgan fingerprint density at radius 1 is 1.44 bits per heavy atom. The molecule has 1 aliphatic rings. The van der Waals surface area contributed by atoms with Crippen LogP contribution in [0.4, 0.5) is 0 Å². The van der Waals surface area contributed by atoms with E-state index in [0.717, 1.165) is 44.7 Å². The number of hydrogen-bond donors (Lipinski definition) is 1. The van der Waals surface area contributed by atoms with Crippen LogP contribution in [-0.2, 0) is 17.6 Å². The maximum atomic E-state index is 5.43. The van der Waals surface area contributed by atoms with Gasteiger partial charge >= 0.3 is 0 Å². The van der Waals surface area contributed by atoms with Crippen molar-refractivity contribution in [2.45, 2.75) is 32.1 Å². The molecule has 1 aromatic rings. The van der Waals surface area contributed by atoms with Gasteiger partial charge in [0.25, 0.3) is 0 Å². The highest BCUT2D eigenvalue weighted by Gasteiger charge is 2.17. The normalized spacial score (nSPS) is 21.2. The molecule has 0 spiro atoms. The van der Waals surface area contributed by atoms with Crippen LogP contribution in [0.25, 0.3) is 0 Å². The van der Waals surface area contributed by atoms with Gasteiger partial charge in [0.1, 0.15) is 0 Å². The topological polar surface area (TPSA) is 74.2 Å². The summed E-state index contributed by atoms with van der Waals surface area (Å²) in [6.45, 7) is 2.38. The van der Waals surface area contributed by atoms with Gasteiger partial charge in [0.05, 0.1) is 0 Å². The van der Waals surface area contributed by atoms with Crippen molar-refractivity contribution in [3.63, 3.8) is 0 Å². The van der Waals surface area contributed by atoms with E-state index in [4.69, 9.17) is 15.0 Å². The molecule has 2 heterocycles. The first-order chi connectivity index (χ1) is 7.88. The van der Waals surface area contributed by atoms with Crippen LogP contribution in [0.1, 0.15) is 31.0 Å². The quantitative estimate of drug-likeness (QED) is 0.807. The van der Waals surface area contributed by atoms with Crippen LogP contribution in [0.15, 0.2) is 4.52 Å². The Morgan fingerprint density at radius 3 is 3.12 bits per heavy atom. The van der Waals surface area contributed by atoms with Crippen LogP contribution in [-0.4, -0.2) is 29.9 Å². The molecule has 1 aromatic heterocycles. The first kappa shape index (κ1) is 11.5. The van der Waals surface area contributed by atoms with Gasteiger partial charge in [-0.2, -0.15) is 4.98 Å². The average Bonchev–Trinajstić information content (AvgIpc) is 2.75. The lowest BCUT2D eigenvalue weighted by molar-refractivity contribution is 0.0541. The van der Waals surface area contributed by atoms with Crippen molar-refractivity contribution in [3.05, 3.63) is 11.7 Å². The summed E-state index contributed by atoms with van der Waals surface area (Å²) in [6.07, 6.45) is 4.89. The second-order valence-electron chi connectivity index (χ2n) is 4.28. The summed E-state index contributed by atoms with van der Waals surface area (Å²) < 4.78 is 10.6. The lowest BCUT2D eigenvalue weighted by Gasteiger charge is -2.20. The van der Waals surface area contributed by atoms with Gasteiger partial charge in [0, 0.05) is 26.1 Å². The molecule has 2 rings (SSSR count). The van der Waals surface area contributed by atoms with Gasteiger partial charge in [-0.15, -0.1) is 0 Å². The second kappa shape index (κ2) is 5.96. The summed E-state index contributed by atoms with van der Waals surface area (Å²) in [6, 6.07) is 0. The smallest absolute Gasteiger partial charge is 0.226 e. The van der Waals surface area contributed by atoms with Crippen molar-refractivity contribution >= 4 is 0 Å². The number of nitrogens with zero attached hydrogens (tertiary/aromatic N) is 2. The van der Waals surface area contributed by atoms with Gasteiger partial charge in [0.2, 0.25) is 5.89 Å². The molecule has 1 atom stereocenters.